The number of aliphatic hydroxyl groups is 1. The number of aliphatic hydroxyl groups excluding tert-OH is 1. The fourth-order valence-electron chi connectivity index (χ4n) is 2.04. The van der Waals surface area contributed by atoms with Crippen LogP contribution in [0.25, 0.3) is 0 Å². The molecule has 0 unspecified atom stereocenters. The summed E-state index contributed by atoms with van der Waals surface area (Å²) in [7, 11) is 0. The molecule has 0 fully saturated rings. The standard InChI is InChI=1S/C19H26O5/c1-4-23-19(22)17-9-8-16(12-18(17)21)24-13-15(3)7-5-6-14(2)10-11-20/h7-10,12,20-21H,4-6,11,13H2,1-3H3/b14-10+,15-7+. The number of allylic oxidation sites excluding steroid dienone is 2. The Balaban J connectivity index is 2.54. The van der Waals surface area contributed by atoms with Crippen LogP contribution in [0.3, 0.4) is 0 Å². The smallest absolute Gasteiger partial charge is 0.341 e. The number of hydrogen-bond acceptors (Lipinski definition) is 5. The lowest BCUT2D eigenvalue weighted by atomic mass is 10.1. The van der Waals surface area contributed by atoms with Crippen LogP contribution >= 0.6 is 0 Å². The predicted molar refractivity (Wildman–Crippen MR) is 93.4 cm³/mol. The molecule has 1 aromatic carbocycles. The van der Waals surface area contributed by atoms with Crippen molar-refractivity contribution >= 4 is 5.97 Å². The van der Waals surface area contributed by atoms with Crippen molar-refractivity contribution in [3.05, 3.63) is 47.1 Å². The van der Waals surface area contributed by atoms with E-state index in [4.69, 9.17) is 14.6 Å². The lowest BCUT2D eigenvalue weighted by Gasteiger charge is -2.09. The summed E-state index contributed by atoms with van der Waals surface area (Å²) >= 11 is 0. The maximum Gasteiger partial charge on any atom is 0.341 e. The predicted octanol–water partition coefficient (Wildman–Crippen LogP) is 3.61. The Bertz CT molecular complexity index is 602. The summed E-state index contributed by atoms with van der Waals surface area (Å²) in [5.41, 5.74) is 2.35. The van der Waals surface area contributed by atoms with E-state index < -0.39 is 5.97 Å². The molecule has 0 aromatic heterocycles. The molecule has 0 radical (unpaired) electrons. The van der Waals surface area contributed by atoms with Gasteiger partial charge < -0.3 is 19.7 Å². The highest BCUT2D eigenvalue weighted by Gasteiger charge is 2.12. The normalized spacial score (nSPS) is 12.2. The molecule has 5 nitrogen and oxygen atoms in total. The van der Waals surface area contributed by atoms with Crippen molar-refractivity contribution in [2.24, 2.45) is 0 Å². The van der Waals surface area contributed by atoms with Gasteiger partial charge in [0.05, 0.1) is 13.2 Å². The van der Waals surface area contributed by atoms with Gasteiger partial charge in [0.1, 0.15) is 23.7 Å². The number of aromatic hydroxyl groups is 1. The van der Waals surface area contributed by atoms with Crippen LogP contribution in [0.2, 0.25) is 0 Å². The van der Waals surface area contributed by atoms with E-state index in [9.17, 15) is 9.90 Å². The third kappa shape index (κ3) is 6.87. The Labute approximate surface area is 143 Å². The summed E-state index contributed by atoms with van der Waals surface area (Å²) in [5.74, 6) is -0.217. The Morgan fingerprint density at radius 2 is 1.96 bits per heavy atom. The molecular weight excluding hydrogens is 308 g/mol. The highest BCUT2D eigenvalue weighted by atomic mass is 16.5. The molecule has 0 saturated heterocycles. The van der Waals surface area contributed by atoms with Gasteiger partial charge in [0.2, 0.25) is 0 Å². The van der Waals surface area contributed by atoms with Gasteiger partial charge in [0.25, 0.3) is 0 Å². The van der Waals surface area contributed by atoms with E-state index in [1.165, 1.54) is 12.1 Å². The molecule has 0 bridgehead atoms. The van der Waals surface area contributed by atoms with E-state index in [-0.39, 0.29) is 24.5 Å². The molecule has 0 saturated carbocycles. The summed E-state index contributed by atoms with van der Waals surface area (Å²) in [4.78, 5) is 11.6. The molecule has 0 atom stereocenters. The van der Waals surface area contributed by atoms with Crippen LogP contribution in [-0.2, 0) is 4.74 Å². The molecular formula is C19H26O5. The van der Waals surface area contributed by atoms with Crippen LogP contribution in [0, 0.1) is 0 Å². The Kier molecular flexibility index (Phi) is 8.65. The second-order valence-corrected chi connectivity index (χ2v) is 5.51. The lowest BCUT2D eigenvalue weighted by molar-refractivity contribution is 0.0523. The molecule has 0 heterocycles. The Morgan fingerprint density at radius 1 is 1.21 bits per heavy atom. The average molecular weight is 334 g/mol. The van der Waals surface area contributed by atoms with Gasteiger partial charge in [-0.3, -0.25) is 0 Å². The van der Waals surface area contributed by atoms with Gasteiger partial charge in [0.15, 0.2) is 0 Å². The van der Waals surface area contributed by atoms with Crippen LogP contribution < -0.4 is 4.74 Å². The molecule has 0 amide bonds. The molecule has 0 aliphatic heterocycles. The summed E-state index contributed by atoms with van der Waals surface area (Å²) in [6.07, 6.45) is 5.66. The maximum absolute atomic E-state index is 11.6. The number of ether oxygens (including phenoxy) is 2. The first-order chi connectivity index (χ1) is 11.5. The topological polar surface area (TPSA) is 76.0 Å². The number of benzene rings is 1. The largest absolute Gasteiger partial charge is 0.507 e. The van der Waals surface area contributed by atoms with Gasteiger partial charge in [0, 0.05) is 6.07 Å². The minimum Gasteiger partial charge on any atom is -0.507 e. The number of hydrogen-bond donors (Lipinski definition) is 2. The maximum atomic E-state index is 11.6. The number of rotatable bonds is 9. The summed E-state index contributed by atoms with van der Waals surface area (Å²) < 4.78 is 10.5. The van der Waals surface area contributed by atoms with E-state index >= 15 is 0 Å². The molecule has 0 spiro atoms. The van der Waals surface area contributed by atoms with Crippen molar-refractivity contribution in [3.8, 4) is 11.5 Å². The Morgan fingerprint density at radius 3 is 2.58 bits per heavy atom. The molecule has 1 aromatic rings. The zero-order valence-corrected chi connectivity index (χ0v) is 14.5. The van der Waals surface area contributed by atoms with Crippen molar-refractivity contribution in [2.75, 3.05) is 19.8 Å². The van der Waals surface area contributed by atoms with Crippen LogP contribution in [0.5, 0.6) is 11.5 Å². The third-order valence-corrected chi connectivity index (χ3v) is 3.40. The minimum absolute atomic E-state index is 0.0723. The average Bonchev–Trinajstić information content (AvgIpc) is 2.53. The van der Waals surface area contributed by atoms with Crippen LogP contribution in [0.15, 0.2) is 41.5 Å². The number of phenolic OH excluding ortho intramolecular Hbond substituents is 1. The summed E-state index contributed by atoms with van der Waals surface area (Å²) in [5, 5.41) is 18.7. The first-order valence-corrected chi connectivity index (χ1v) is 8.03. The van der Waals surface area contributed by atoms with Crippen LogP contribution in [0.4, 0.5) is 0 Å². The van der Waals surface area contributed by atoms with Crippen molar-refractivity contribution in [1.29, 1.82) is 0 Å². The number of carbonyl (C=O) groups excluding carboxylic acids is 1. The minimum atomic E-state index is -0.552. The van der Waals surface area contributed by atoms with Gasteiger partial charge in [-0.2, -0.15) is 0 Å². The molecule has 2 N–H and O–H groups in total. The highest BCUT2D eigenvalue weighted by molar-refractivity contribution is 5.92. The number of carbonyl (C=O) groups is 1. The summed E-state index contributed by atoms with van der Waals surface area (Å²) in [6, 6.07) is 4.53. The second kappa shape index (κ2) is 10.5. The fraction of sp³-hybridized carbons (Fsp3) is 0.421. The monoisotopic (exact) mass is 334 g/mol. The van der Waals surface area contributed by atoms with E-state index in [2.05, 4.69) is 6.08 Å². The van der Waals surface area contributed by atoms with Gasteiger partial charge >= 0.3 is 5.97 Å². The van der Waals surface area contributed by atoms with E-state index in [0.29, 0.717) is 12.4 Å². The van der Waals surface area contributed by atoms with Crippen molar-refractivity contribution < 1.29 is 24.5 Å². The van der Waals surface area contributed by atoms with Gasteiger partial charge in [-0.1, -0.05) is 17.7 Å². The van der Waals surface area contributed by atoms with E-state index in [1.807, 2.05) is 13.8 Å². The zero-order valence-electron chi connectivity index (χ0n) is 14.5. The number of phenols is 1. The second-order valence-electron chi connectivity index (χ2n) is 5.51. The molecule has 0 aliphatic carbocycles. The molecule has 24 heavy (non-hydrogen) atoms. The first kappa shape index (κ1) is 19.8. The van der Waals surface area contributed by atoms with Gasteiger partial charge in [-0.05, 0) is 51.3 Å². The number of esters is 1. The molecule has 5 heteroatoms. The van der Waals surface area contributed by atoms with Crippen molar-refractivity contribution in [2.45, 2.75) is 33.6 Å². The molecule has 0 aliphatic rings. The van der Waals surface area contributed by atoms with Gasteiger partial charge in [-0.25, -0.2) is 4.79 Å². The van der Waals surface area contributed by atoms with Crippen molar-refractivity contribution in [3.63, 3.8) is 0 Å². The van der Waals surface area contributed by atoms with E-state index in [0.717, 1.165) is 24.0 Å². The van der Waals surface area contributed by atoms with Crippen LogP contribution in [-0.4, -0.2) is 36.0 Å². The zero-order chi connectivity index (χ0) is 17.9. The quantitative estimate of drug-likeness (QED) is 0.533. The first-order valence-electron chi connectivity index (χ1n) is 8.03. The van der Waals surface area contributed by atoms with Crippen molar-refractivity contribution in [1.82, 2.24) is 0 Å². The van der Waals surface area contributed by atoms with Gasteiger partial charge in [-0.15, -0.1) is 0 Å². The molecule has 132 valence electrons. The third-order valence-electron chi connectivity index (χ3n) is 3.40. The molecule has 1 rings (SSSR count). The Hall–Kier alpha value is -2.27. The van der Waals surface area contributed by atoms with E-state index in [1.54, 1.807) is 19.1 Å². The lowest BCUT2D eigenvalue weighted by Crippen LogP contribution is -2.05. The SMILES string of the molecule is CCOC(=O)c1ccc(OC/C(C)=C/CC/C(C)=C/CO)cc1O. The highest BCUT2D eigenvalue weighted by Crippen LogP contribution is 2.24. The summed E-state index contributed by atoms with van der Waals surface area (Å²) in [6.45, 7) is 6.40. The fourth-order valence-corrected chi connectivity index (χ4v) is 2.04. The van der Waals surface area contributed by atoms with Crippen LogP contribution in [0.1, 0.15) is 44.0 Å².